The number of hydrogen-bond donors (Lipinski definition) is 2. The number of phenolic OH excluding ortho intramolecular Hbond substituents is 1. The minimum absolute atomic E-state index is 0.144. The molecule has 2 N–H and O–H groups in total. The van der Waals surface area contributed by atoms with E-state index in [1.165, 1.54) is 0 Å². The fourth-order valence-electron chi connectivity index (χ4n) is 3.17. The van der Waals surface area contributed by atoms with Crippen LogP contribution in [0.1, 0.15) is 48.8 Å². The van der Waals surface area contributed by atoms with E-state index in [0.717, 1.165) is 34.9 Å². The number of carbonyl (C=O) groups is 1. The van der Waals surface area contributed by atoms with Crippen LogP contribution >= 0.6 is 15.9 Å². The monoisotopic (exact) mass is 326 g/mol. The largest absolute Gasteiger partial charge is 0.507 e. The van der Waals surface area contributed by atoms with Crippen LogP contribution in [-0.4, -0.2) is 16.2 Å². The molecule has 1 aromatic carbocycles. The number of phenols is 1. The van der Waals surface area contributed by atoms with E-state index in [1.807, 2.05) is 13.0 Å². The van der Waals surface area contributed by atoms with Gasteiger partial charge in [-0.1, -0.05) is 35.2 Å². The second-order valence-electron chi connectivity index (χ2n) is 5.47. The summed E-state index contributed by atoms with van der Waals surface area (Å²) in [5.74, 6) is -0.673. The average molecular weight is 327 g/mol. The van der Waals surface area contributed by atoms with Gasteiger partial charge in [-0.25, -0.2) is 0 Å². The van der Waals surface area contributed by atoms with Gasteiger partial charge in [0.05, 0.1) is 5.41 Å². The van der Waals surface area contributed by atoms with Crippen LogP contribution < -0.4 is 0 Å². The molecule has 4 heteroatoms. The summed E-state index contributed by atoms with van der Waals surface area (Å²) in [4.78, 5) is 11.9. The lowest BCUT2D eigenvalue weighted by atomic mass is 9.67. The van der Waals surface area contributed by atoms with Gasteiger partial charge < -0.3 is 10.2 Å². The maximum absolute atomic E-state index is 11.9. The van der Waals surface area contributed by atoms with E-state index in [0.29, 0.717) is 18.4 Å². The van der Waals surface area contributed by atoms with E-state index < -0.39 is 11.4 Å². The second-order valence-corrected chi connectivity index (χ2v) is 6.33. The summed E-state index contributed by atoms with van der Waals surface area (Å²) in [5, 5.41) is 20.1. The summed E-state index contributed by atoms with van der Waals surface area (Å²) < 4.78 is 0.865. The third kappa shape index (κ3) is 2.27. The summed E-state index contributed by atoms with van der Waals surface area (Å²) in [6.45, 7) is 3.68. The third-order valence-corrected chi connectivity index (χ3v) is 5.11. The Hall–Kier alpha value is -1.03. The summed E-state index contributed by atoms with van der Waals surface area (Å²) in [6.07, 6.45) is 4.08. The highest BCUT2D eigenvalue weighted by Gasteiger charge is 2.44. The molecule has 0 unspecified atom stereocenters. The molecule has 104 valence electrons. The zero-order valence-electron chi connectivity index (χ0n) is 11.3. The Morgan fingerprint density at radius 3 is 2.37 bits per heavy atom. The molecule has 3 nitrogen and oxygen atoms in total. The number of aliphatic carboxylic acids is 1. The van der Waals surface area contributed by atoms with Crippen molar-refractivity contribution < 1.29 is 15.0 Å². The van der Waals surface area contributed by atoms with Crippen LogP contribution in [0.4, 0.5) is 0 Å². The van der Waals surface area contributed by atoms with Gasteiger partial charge in [-0.05, 0) is 43.9 Å². The van der Waals surface area contributed by atoms with Crippen LogP contribution in [0.15, 0.2) is 10.5 Å². The molecule has 0 bridgehead atoms. The number of carboxylic acid groups (broad SMARTS) is 1. The first-order valence-corrected chi connectivity index (χ1v) is 7.42. The molecule has 1 aliphatic carbocycles. The Morgan fingerprint density at radius 1 is 1.26 bits per heavy atom. The predicted octanol–water partition coefficient (Wildman–Crippen LogP) is 4.06. The van der Waals surface area contributed by atoms with E-state index in [1.54, 1.807) is 6.92 Å². The highest BCUT2D eigenvalue weighted by Crippen LogP contribution is 2.47. The van der Waals surface area contributed by atoms with Crippen molar-refractivity contribution in [2.24, 2.45) is 0 Å². The highest BCUT2D eigenvalue weighted by atomic mass is 79.9. The zero-order valence-corrected chi connectivity index (χ0v) is 12.9. The summed E-state index contributed by atoms with van der Waals surface area (Å²) in [6, 6.07) is 1.84. The number of aryl methyl sites for hydroxylation is 1. The average Bonchev–Trinajstić information content (AvgIpc) is 2.37. The van der Waals surface area contributed by atoms with Crippen LogP contribution in [0.3, 0.4) is 0 Å². The van der Waals surface area contributed by atoms with Gasteiger partial charge in [-0.2, -0.15) is 0 Å². The molecule has 0 amide bonds. The number of rotatable bonds is 2. The quantitative estimate of drug-likeness (QED) is 0.861. The van der Waals surface area contributed by atoms with Crippen molar-refractivity contribution in [3.8, 4) is 5.75 Å². The van der Waals surface area contributed by atoms with Crippen molar-refractivity contribution in [1.82, 2.24) is 0 Å². The summed E-state index contributed by atoms with van der Waals surface area (Å²) >= 11 is 3.47. The maximum Gasteiger partial charge on any atom is 0.314 e. The van der Waals surface area contributed by atoms with Gasteiger partial charge in [0.25, 0.3) is 0 Å². The molecule has 2 rings (SSSR count). The molecule has 1 saturated carbocycles. The minimum Gasteiger partial charge on any atom is -0.507 e. The van der Waals surface area contributed by atoms with E-state index in [-0.39, 0.29) is 5.75 Å². The molecule has 1 aromatic rings. The molecule has 0 aliphatic heterocycles. The second kappa shape index (κ2) is 5.16. The fourth-order valence-corrected chi connectivity index (χ4v) is 3.71. The Labute approximate surface area is 121 Å². The van der Waals surface area contributed by atoms with Crippen molar-refractivity contribution in [3.05, 3.63) is 27.2 Å². The van der Waals surface area contributed by atoms with Crippen molar-refractivity contribution in [3.63, 3.8) is 0 Å². The molecule has 0 atom stereocenters. The summed E-state index contributed by atoms with van der Waals surface area (Å²) in [7, 11) is 0. The van der Waals surface area contributed by atoms with Crippen LogP contribution in [0.25, 0.3) is 0 Å². The number of aromatic hydroxyl groups is 1. The van der Waals surface area contributed by atoms with Crippen LogP contribution in [-0.2, 0) is 10.2 Å². The normalized spacial score (nSPS) is 18.3. The number of halogens is 1. The topological polar surface area (TPSA) is 57.5 Å². The van der Waals surface area contributed by atoms with Gasteiger partial charge in [0, 0.05) is 10.0 Å². The number of hydrogen-bond acceptors (Lipinski definition) is 2. The van der Waals surface area contributed by atoms with Crippen molar-refractivity contribution in [2.75, 3.05) is 0 Å². The van der Waals surface area contributed by atoms with Crippen LogP contribution in [0.5, 0.6) is 5.75 Å². The van der Waals surface area contributed by atoms with E-state index >= 15 is 0 Å². The molecule has 1 aliphatic rings. The molecular formula is C15H19BrO3. The zero-order chi connectivity index (χ0) is 14.2. The standard InChI is InChI=1S/C15H19BrO3/c1-9-8-11(16)10(2)12(13(9)17)15(14(18)19)6-4-3-5-7-15/h8,17H,3-7H2,1-2H3,(H,18,19). The van der Waals surface area contributed by atoms with Crippen molar-refractivity contribution in [1.29, 1.82) is 0 Å². The molecule has 0 aromatic heterocycles. The smallest absolute Gasteiger partial charge is 0.314 e. The van der Waals surface area contributed by atoms with Gasteiger partial charge in [-0.3, -0.25) is 4.79 Å². The SMILES string of the molecule is Cc1cc(Br)c(C)c(C2(C(=O)O)CCCCC2)c1O. The first kappa shape index (κ1) is 14.4. The fraction of sp³-hybridized carbons (Fsp3) is 0.533. The lowest BCUT2D eigenvalue weighted by molar-refractivity contribution is -0.145. The van der Waals surface area contributed by atoms with Gasteiger partial charge in [0.2, 0.25) is 0 Å². The van der Waals surface area contributed by atoms with E-state index in [9.17, 15) is 15.0 Å². The van der Waals surface area contributed by atoms with Gasteiger partial charge >= 0.3 is 5.97 Å². The van der Waals surface area contributed by atoms with Gasteiger partial charge in [0.1, 0.15) is 5.75 Å². The van der Waals surface area contributed by atoms with Crippen LogP contribution in [0.2, 0.25) is 0 Å². The Bertz CT molecular complexity index is 490. The molecule has 0 spiro atoms. The summed E-state index contributed by atoms with van der Waals surface area (Å²) in [5.41, 5.74) is 1.23. The molecule has 1 fully saturated rings. The first-order valence-electron chi connectivity index (χ1n) is 6.62. The van der Waals surface area contributed by atoms with Gasteiger partial charge in [-0.15, -0.1) is 0 Å². The first-order chi connectivity index (χ1) is 8.90. The Kier molecular flexibility index (Phi) is 3.90. The molecule has 19 heavy (non-hydrogen) atoms. The third-order valence-electron chi connectivity index (χ3n) is 4.28. The molecule has 0 saturated heterocycles. The maximum atomic E-state index is 11.9. The molecular weight excluding hydrogens is 308 g/mol. The Morgan fingerprint density at radius 2 is 1.84 bits per heavy atom. The predicted molar refractivity (Wildman–Crippen MR) is 77.7 cm³/mol. The number of carboxylic acids is 1. The van der Waals surface area contributed by atoms with Crippen molar-refractivity contribution in [2.45, 2.75) is 51.4 Å². The minimum atomic E-state index is -0.930. The van der Waals surface area contributed by atoms with E-state index in [2.05, 4.69) is 15.9 Å². The van der Waals surface area contributed by atoms with E-state index in [4.69, 9.17) is 0 Å². The number of benzene rings is 1. The highest BCUT2D eigenvalue weighted by molar-refractivity contribution is 9.10. The molecule has 0 radical (unpaired) electrons. The lowest BCUT2D eigenvalue weighted by Crippen LogP contribution is -2.38. The van der Waals surface area contributed by atoms with Crippen LogP contribution in [0, 0.1) is 13.8 Å². The van der Waals surface area contributed by atoms with Crippen molar-refractivity contribution >= 4 is 21.9 Å². The molecule has 0 heterocycles. The lowest BCUT2D eigenvalue weighted by Gasteiger charge is -2.35. The Balaban J connectivity index is 2.70. The van der Waals surface area contributed by atoms with Gasteiger partial charge in [0.15, 0.2) is 0 Å².